The molecule has 0 aliphatic heterocycles. The van der Waals surface area contributed by atoms with E-state index >= 15 is 0 Å². The molecule has 186 valence electrons. The van der Waals surface area contributed by atoms with Crippen LogP contribution in [0.15, 0.2) is 76.3 Å². The van der Waals surface area contributed by atoms with Crippen LogP contribution in [0.5, 0.6) is 11.5 Å². The first-order valence-corrected chi connectivity index (χ1v) is 12.6. The highest BCUT2D eigenvalue weighted by atomic mass is 35.5. The summed E-state index contributed by atoms with van der Waals surface area (Å²) in [6, 6.07) is 15.5. The number of carbonyl (C=O) groups is 2. The van der Waals surface area contributed by atoms with Gasteiger partial charge in [0.15, 0.2) is 5.78 Å². The standard InChI is InChI=1S/C27H14Cl5NO4/c28-17-10-16(24(35)13-6-2-1-5-12(13)17)26(37)20-11-19(30)27(32)33(20)23-15(9-18(29)22(23)31)25(36)14-7-3-4-8-21(14)34/h1-8,10-11,34-35H,9H2. The number of phenolic OH excluding ortho intramolecular Hbond substituents is 2. The number of aromatic hydroxyl groups is 2. The number of aromatic nitrogens is 1. The number of allylic oxidation sites excluding steroid dienone is 4. The minimum absolute atomic E-state index is 0.00531. The molecular formula is C27H14Cl5NO4. The third kappa shape index (κ3) is 4.21. The minimum atomic E-state index is -0.673. The molecule has 0 unspecified atom stereocenters. The second-order valence-electron chi connectivity index (χ2n) is 8.20. The predicted octanol–water partition coefficient (Wildman–Crippen LogP) is 8.43. The van der Waals surface area contributed by atoms with Gasteiger partial charge in [-0.2, -0.15) is 0 Å². The Bertz CT molecular complexity index is 1720. The molecule has 0 amide bonds. The summed E-state index contributed by atoms with van der Waals surface area (Å²) in [5.41, 5.74) is -0.0213. The molecule has 1 aromatic heterocycles. The number of carbonyl (C=O) groups excluding carboxylic acids is 2. The Morgan fingerprint density at radius 2 is 1.41 bits per heavy atom. The lowest BCUT2D eigenvalue weighted by Crippen LogP contribution is -2.13. The topological polar surface area (TPSA) is 79.5 Å². The molecule has 0 atom stereocenters. The number of benzene rings is 3. The van der Waals surface area contributed by atoms with Gasteiger partial charge in [-0.25, -0.2) is 0 Å². The van der Waals surface area contributed by atoms with Crippen LogP contribution in [0.2, 0.25) is 15.2 Å². The summed E-state index contributed by atoms with van der Waals surface area (Å²) in [7, 11) is 0. The van der Waals surface area contributed by atoms with Gasteiger partial charge >= 0.3 is 0 Å². The number of ketones is 2. The highest BCUT2D eigenvalue weighted by Gasteiger charge is 2.34. The molecule has 0 fully saturated rings. The Morgan fingerprint density at radius 1 is 0.757 bits per heavy atom. The Hall–Kier alpha value is -2.93. The van der Waals surface area contributed by atoms with Gasteiger partial charge in [-0.1, -0.05) is 94.4 Å². The number of hydrogen-bond acceptors (Lipinski definition) is 4. The summed E-state index contributed by atoms with van der Waals surface area (Å²) >= 11 is 32.2. The van der Waals surface area contributed by atoms with Gasteiger partial charge in [0, 0.05) is 32.8 Å². The zero-order chi connectivity index (χ0) is 26.6. The van der Waals surface area contributed by atoms with Crippen LogP contribution in [0, 0.1) is 0 Å². The van der Waals surface area contributed by atoms with Crippen LogP contribution < -0.4 is 0 Å². The number of rotatable bonds is 5. The monoisotopic (exact) mass is 591 g/mol. The molecule has 5 nitrogen and oxygen atoms in total. The lowest BCUT2D eigenvalue weighted by Gasteiger charge is -2.16. The van der Waals surface area contributed by atoms with E-state index in [2.05, 4.69) is 0 Å². The maximum Gasteiger partial charge on any atom is 0.213 e. The van der Waals surface area contributed by atoms with Crippen LogP contribution in [-0.2, 0) is 0 Å². The van der Waals surface area contributed by atoms with E-state index in [9.17, 15) is 19.8 Å². The van der Waals surface area contributed by atoms with E-state index in [1.54, 1.807) is 36.4 Å². The van der Waals surface area contributed by atoms with Crippen molar-refractivity contribution in [1.82, 2.24) is 4.57 Å². The maximum absolute atomic E-state index is 13.8. The van der Waals surface area contributed by atoms with Gasteiger partial charge in [0.2, 0.25) is 5.78 Å². The smallest absolute Gasteiger partial charge is 0.213 e. The molecule has 4 aromatic rings. The molecule has 5 rings (SSSR count). The van der Waals surface area contributed by atoms with Crippen LogP contribution in [0.25, 0.3) is 16.5 Å². The van der Waals surface area contributed by atoms with Crippen molar-refractivity contribution in [2.75, 3.05) is 0 Å². The number of halogens is 5. The Kier molecular flexibility index (Phi) is 6.77. The van der Waals surface area contributed by atoms with E-state index < -0.39 is 11.6 Å². The first-order chi connectivity index (χ1) is 17.6. The summed E-state index contributed by atoms with van der Waals surface area (Å²) in [4.78, 5) is 27.3. The van der Waals surface area contributed by atoms with Crippen molar-refractivity contribution in [3.63, 3.8) is 0 Å². The fraction of sp³-hybridized carbons (Fsp3) is 0.0370. The molecule has 1 aliphatic rings. The molecule has 2 N–H and O–H groups in total. The van der Waals surface area contributed by atoms with Crippen molar-refractivity contribution in [3.8, 4) is 11.5 Å². The first-order valence-electron chi connectivity index (χ1n) is 10.7. The fourth-order valence-corrected chi connectivity index (χ4v) is 5.48. The molecule has 3 aromatic carbocycles. The molecule has 0 saturated heterocycles. The number of para-hydroxylation sites is 1. The quantitative estimate of drug-likeness (QED) is 0.228. The summed E-state index contributed by atoms with van der Waals surface area (Å²) < 4.78 is 1.22. The van der Waals surface area contributed by atoms with Crippen molar-refractivity contribution >= 4 is 86.0 Å². The van der Waals surface area contributed by atoms with Crippen LogP contribution in [0.4, 0.5) is 0 Å². The summed E-state index contributed by atoms with van der Waals surface area (Å²) in [5.74, 6) is -1.75. The molecule has 0 radical (unpaired) electrons. The van der Waals surface area contributed by atoms with Gasteiger partial charge in [0.25, 0.3) is 0 Å². The van der Waals surface area contributed by atoms with Gasteiger partial charge in [-0.05, 0) is 24.3 Å². The molecular weight excluding hydrogens is 580 g/mol. The van der Waals surface area contributed by atoms with Crippen molar-refractivity contribution < 1.29 is 19.8 Å². The summed E-state index contributed by atoms with van der Waals surface area (Å²) in [6.07, 6.45) is -0.0598. The lowest BCUT2D eigenvalue weighted by molar-refractivity contribution is 0.101. The van der Waals surface area contributed by atoms with E-state index in [-0.39, 0.29) is 71.3 Å². The van der Waals surface area contributed by atoms with E-state index in [1.165, 1.54) is 28.8 Å². The Morgan fingerprint density at radius 3 is 2.11 bits per heavy atom. The number of Topliss-reactive ketones (excluding diaryl/α,β-unsaturated/α-hetero) is 1. The average molecular weight is 594 g/mol. The van der Waals surface area contributed by atoms with Crippen molar-refractivity contribution in [3.05, 3.63) is 108 Å². The zero-order valence-corrected chi connectivity index (χ0v) is 22.3. The largest absolute Gasteiger partial charge is 0.507 e. The van der Waals surface area contributed by atoms with Crippen molar-refractivity contribution in [2.45, 2.75) is 6.42 Å². The maximum atomic E-state index is 13.8. The Labute approximate surface area is 235 Å². The normalized spacial score (nSPS) is 13.6. The molecule has 0 bridgehead atoms. The zero-order valence-electron chi connectivity index (χ0n) is 18.5. The van der Waals surface area contributed by atoms with Gasteiger partial charge < -0.3 is 10.2 Å². The third-order valence-electron chi connectivity index (χ3n) is 6.05. The van der Waals surface area contributed by atoms with E-state index in [0.717, 1.165) is 0 Å². The Balaban J connectivity index is 1.74. The van der Waals surface area contributed by atoms with Gasteiger partial charge in [0.05, 0.1) is 32.6 Å². The second kappa shape index (κ2) is 9.75. The van der Waals surface area contributed by atoms with Crippen molar-refractivity contribution in [1.29, 1.82) is 0 Å². The fourth-order valence-electron chi connectivity index (χ4n) is 4.30. The number of nitrogens with zero attached hydrogens (tertiary/aromatic N) is 1. The van der Waals surface area contributed by atoms with Crippen LogP contribution in [-0.4, -0.2) is 26.3 Å². The third-order valence-corrected chi connectivity index (χ3v) is 7.95. The molecule has 10 heteroatoms. The van der Waals surface area contributed by atoms with Crippen LogP contribution in [0.1, 0.15) is 32.8 Å². The lowest BCUT2D eigenvalue weighted by atomic mass is 9.99. The minimum Gasteiger partial charge on any atom is -0.507 e. The summed E-state index contributed by atoms with van der Waals surface area (Å²) in [5, 5.41) is 22.4. The van der Waals surface area contributed by atoms with Gasteiger partial charge in [-0.15, -0.1) is 0 Å². The van der Waals surface area contributed by atoms with E-state index in [4.69, 9.17) is 58.0 Å². The summed E-state index contributed by atoms with van der Waals surface area (Å²) in [6.45, 7) is 0. The highest BCUT2D eigenvalue weighted by Crippen LogP contribution is 2.46. The number of hydrogen-bond donors (Lipinski definition) is 2. The van der Waals surface area contributed by atoms with Crippen molar-refractivity contribution in [2.24, 2.45) is 0 Å². The molecule has 0 spiro atoms. The van der Waals surface area contributed by atoms with E-state index in [0.29, 0.717) is 10.8 Å². The second-order valence-corrected chi connectivity index (χ2v) is 10.2. The molecule has 37 heavy (non-hydrogen) atoms. The average Bonchev–Trinajstić information content (AvgIpc) is 3.35. The van der Waals surface area contributed by atoms with Gasteiger partial charge in [-0.3, -0.25) is 14.2 Å². The first kappa shape index (κ1) is 25.7. The van der Waals surface area contributed by atoms with Crippen LogP contribution >= 0.6 is 58.0 Å². The van der Waals surface area contributed by atoms with Gasteiger partial charge in [0.1, 0.15) is 16.7 Å². The predicted molar refractivity (Wildman–Crippen MR) is 148 cm³/mol. The molecule has 1 heterocycles. The SMILES string of the molecule is O=C(C1=C(n2c(C(=O)c3cc(Cl)c4ccccc4c3O)cc(Cl)c2Cl)C(Cl)=C(Cl)C1)c1ccccc1O. The molecule has 1 aliphatic carbocycles. The molecule has 0 saturated carbocycles. The number of fused-ring (bicyclic) bond motifs is 1. The van der Waals surface area contributed by atoms with Crippen LogP contribution in [0.3, 0.4) is 0 Å². The number of phenols is 2. The highest BCUT2D eigenvalue weighted by molar-refractivity contribution is 6.47. The van der Waals surface area contributed by atoms with E-state index in [1.807, 2.05) is 0 Å².